The van der Waals surface area contributed by atoms with Crippen molar-refractivity contribution in [3.05, 3.63) is 71.0 Å². The summed E-state index contributed by atoms with van der Waals surface area (Å²) >= 11 is 0. The van der Waals surface area contributed by atoms with Crippen LogP contribution in [0.2, 0.25) is 0 Å². The number of hydrogen-bond donors (Lipinski definition) is 3. The van der Waals surface area contributed by atoms with E-state index < -0.39 is 0 Å². The lowest BCUT2D eigenvalue weighted by Crippen LogP contribution is -2.36. The molecule has 126 valence electrons. The molecule has 2 aromatic carbocycles. The van der Waals surface area contributed by atoms with E-state index in [1.807, 2.05) is 32.0 Å². The van der Waals surface area contributed by atoms with Gasteiger partial charge >= 0.3 is 0 Å². The third-order valence-electron chi connectivity index (χ3n) is 4.45. The molecule has 1 saturated heterocycles. The molecule has 3 N–H and O–H groups in total. The number of halogens is 1. The highest BCUT2D eigenvalue weighted by atomic mass is 19.1. The molecule has 3 rings (SSSR count). The average Bonchev–Trinajstić information content (AvgIpc) is 3.05. The summed E-state index contributed by atoms with van der Waals surface area (Å²) < 4.78 is 13.0. The Hall–Kier alpha value is -2.24. The Balaban J connectivity index is 1.70. The summed E-state index contributed by atoms with van der Waals surface area (Å²) in [7, 11) is 0. The monoisotopic (exact) mass is 327 g/mol. The molecule has 0 aliphatic carbocycles. The Kier molecular flexibility index (Phi) is 4.92. The number of aryl methyl sites for hydroxylation is 1. The minimum Gasteiger partial charge on any atom is -0.349 e. The van der Waals surface area contributed by atoms with E-state index in [0.29, 0.717) is 6.54 Å². The van der Waals surface area contributed by atoms with E-state index >= 15 is 0 Å². The third-order valence-corrected chi connectivity index (χ3v) is 4.45. The van der Waals surface area contributed by atoms with E-state index in [-0.39, 0.29) is 29.7 Å². The Morgan fingerprint density at radius 2 is 2.00 bits per heavy atom. The van der Waals surface area contributed by atoms with Crippen LogP contribution < -0.4 is 16.2 Å². The predicted molar refractivity (Wildman–Crippen MR) is 91.5 cm³/mol. The first-order chi connectivity index (χ1) is 11.5. The largest absolute Gasteiger partial charge is 0.349 e. The first-order valence-electron chi connectivity index (χ1n) is 8.15. The summed E-state index contributed by atoms with van der Waals surface area (Å²) in [6.07, 6.45) is 0. The van der Waals surface area contributed by atoms with Gasteiger partial charge in [-0.3, -0.25) is 10.2 Å². The lowest BCUT2D eigenvalue weighted by Gasteiger charge is -2.21. The summed E-state index contributed by atoms with van der Waals surface area (Å²) in [5.41, 5.74) is 9.42. The maximum absolute atomic E-state index is 13.0. The van der Waals surface area contributed by atoms with Crippen molar-refractivity contribution in [1.29, 1.82) is 0 Å². The van der Waals surface area contributed by atoms with Crippen LogP contribution in [0.5, 0.6) is 0 Å². The zero-order valence-electron chi connectivity index (χ0n) is 13.8. The Morgan fingerprint density at radius 1 is 1.25 bits per heavy atom. The molecule has 0 saturated carbocycles. The second-order valence-electron chi connectivity index (χ2n) is 6.31. The minimum atomic E-state index is -0.277. The molecule has 2 aromatic rings. The fourth-order valence-electron chi connectivity index (χ4n) is 3.08. The molecule has 1 fully saturated rings. The lowest BCUT2D eigenvalue weighted by atomic mass is 9.93. The smallest absolute Gasteiger partial charge is 0.226 e. The second kappa shape index (κ2) is 7.11. The van der Waals surface area contributed by atoms with E-state index in [1.165, 1.54) is 17.7 Å². The normalized spacial score (nSPS) is 21.5. The van der Waals surface area contributed by atoms with E-state index in [1.54, 1.807) is 12.1 Å². The molecular formula is C19H22FN3O. The van der Waals surface area contributed by atoms with Gasteiger partial charge in [-0.25, -0.2) is 9.82 Å². The van der Waals surface area contributed by atoms with Crippen LogP contribution in [0.4, 0.5) is 4.39 Å². The molecule has 1 aliphatic heterocycles. The highest BCUT2D eigenvalue weighted by molar-refractivity contribution is 5.80. The molecule has 24 heavy (non-hydrogen) atoms. The van der Waals surface area contributed by atoms with E-state index in [2.05, 4.69) is 22.2 Å². The fraction of sp³-hybridized carbons (Fsp3) is 0.316. The van der Waals surface area contributed by atoms with Gasteiger partial charge in [0.25, 0.3) is 0 Å². The van der Waals surface area contributed by atoms with Crippen molar-refractivity contribution in [2.24, 2.45) is 5.92 Å². The van der Waals surface area contributed by atoms with E-state index in [9.17, 15) is 9.18 Å². The van der Waals surface area contributed by atoms with Crippen molar-refractivity contribution in [3.63, 3.8) is 0 Å². The number of carbonyl (C=O) groups is 1. The molecule has 5 heteroatoms. The van der Waals surface area contributed by atoms with Gasteiger partial charge in [-0.1, -0.05) is 42.0 Å². The molecule has 0 radical (unpaired) electrons. The maximum Gasteiger partial charge on any atom is 0.226 e. The van der Waals surface area contributed by atoms with Gasteiger partial charge in [0.05, 0.1) is 18.0 Å². The number of amides is 1. The predicted octanol–water partition coefficient (Wildman–Crippen LogP) is 2.78. The van der Waals surface area contributed by atoms with Crippen LogP contribution in [-0.4, -0.2) is 12.5 Å². The first-order valence-corrected chi connectivity index (χ1v) is 8.15. The van der Waals surface area contributed by atoms with Gasteiger partial charge in [-0.15, -0.1) is 0 Å². The van der Waals surface area contributed by atoms with Gasteiger partial charge < -0.3 is 5.32 Å². The van der Waals surface area contributed by atoms with Gasteiger partial charge in [0.2, 0.25) is 5.91 Å². The van der Waals surface area contributed by atoms with Crippen molar-refractivity contribution in [3.8, 4) is 0 Å². The van der Waals surface area contributed by atoms with Gasteiger partial charge in [0.1, 0.15) is 5.82 Å². The average molecular weight is 327 g/mol. The van der Waals surface area contributed by atoms with Crippen molar-refractivity contribution in [2.75, 3.05) is 6.54 Å². The minimum absolute atomic E-state index is 0.0177. The number of rotatable bonds is 4. The van der Waals surface area contributed by atoms with Crippen molar-refractivity contribution in [2.45, 2.75) is 25.9 Å². The third kappa shape index (κ3) is 3.63. The number of benzene rings is 2. The molecule has 3 unspecified atom stereocenters. The van der Waals surface area contributed by atoms with Gasteiger partial charge in [-0.05, 0) is 37.1 Å². The van der Waals surface area contributed by atoms with Crippen LogP contribution >= 0.6 is 0 Å². The molecule has 1 amide bonds. The van der Waals surface area contributed by atoms with Crippen LogP contribution in [0.3, 0.4) is 0 Å². The van der Waals surface area contributed by atoms with Crippen LogP contribution in [0, 0.1) is 18.7 Å². The lowest BCUT2D eigenvalue weighted by molar-refractivity contribution is -0.125. The first kappa shape index (κ1) is 16.6. The highest BCUT2D eigenvalue weighted by Crippen LogP contribution is 2.26. The standard InChI is InChI=1S/C19H22FN3O/c1-12-4-3-5-15(10-12)18-17(11-21-23-18)19(24)22-13(2)14-6-8-16(20)9-7-14/h3-10,13,17-18,21,23H,11H2,1-2H3,(H,22,24). The summed E-state index contributed by atoms with van der Waals surface area (Å²) in [4.78, 5) is 12.7. The van der Waals surface area contributed by atoms with Crippen LogP contribution in [0.1, 0.15) is 35.7 Å². The number of carbonyl (C=O) groups excluding carboxylic acids is 1. The molecule has 0 aromatic heterocycles. The zero-order chi connectivity index (χ0) is 17.1. The molecular weight excluding hydrogens is 305 g/mol. The van der Waals surface area contributed by atoms with Crippen LogP contribution in [0.15, 0.2) is 48.5 Å². The highest BCUT2D eigenvalue weighted by Gasteiger charge is 2.34. The van der Waals surface area contributed by atoms with Gasteiger partial charge in [-0.2, -0.15) is 0 Å². The van der Waals surface area contributed by atoms with Gasteiger partial charge in [0.15, 0.2) is 0 Å². The van der Waals surface area contributed by atoms with Gasteiger partial charge in [0, 0.05) is 6.54 Å². The molecule has 1 heterocycles. The topological polar surface area (TPSA) is 53.2 Å². The summed E-state index contributed by atoms with van der Waals surface area (Å²) in [6.45, 7) is 4.51. The molecule has 0 spiro atoms. The Bertz CT molecular complexity index is 717. The van der Waals surface area contributed by atoms with Crippen molar-refractivity contribution < 1.29 is 9.18 Å². The Labute approximate surface area is 141 Å². The second-order valence-corrected chi connectivity index (χ2v) is 6.31. The van der Waals surface area contributed by atoms with E-state index in [0.717, 1.165) is 11.1 Å². The molecule has 4 nitrogen and oxygen atoms in total. The van der Waals surface area contributed by atoms with E-state index in [4.69, 9.17) is 0 Å². The summed E-state index contributed by atoms with van der Waals surface area (Å²) in [5, 5.41) is 3.03. The summed E-state index contributed by atoms with van der Waals surface area (Å²) in [6, 6.07) is 14.1. The fourth-order valence-corrected chi connectivity index (χ4v) is 3.08. The van der Waals surface area contributed by atoms with Crippen molar-refractivity contribution in [1.82, 2.24) is 16.2 Å². The molecule has 3 atom stereocenters. The van der Waals surface area contributed by atoms with Crippen LogP contribution in [-0.2, 0) is 4.79 Å². The number of nitrogens with one attached hydrogen (secondary N) is 3. The number of hydrogen-bond acceptors (Lipinski definition) is 3. The Morgan fingerprint density at radius 3 is 2.71 bits per heavy atom. The van der Waals surface area contributed by atoms with Crippen LogP contribution in [0.25, 0.3) is 0 Å². The SMILES string of the molecule is Cc1cccc(C2NNCC2C(=O)NC(C)c2ccc(F)cc2)c1. The zero-order valence-corrected chi connectivity index (χ0v) is 13.8. The maximum atomic E-state index is 13.0. The molecule has 1 aliphatic rings. The number of hydrazine groups is 1. The quantitative estimate of drug-likeness (QED) is 0.809. The summed E-state index contributed by atoms with van der Waals surface area (Å²) in [5.74, 6) is -0.494. The van der Waals surface area contributed by atoms with Crippen molar-refractivity contribution >= 4 is 5.91 Å². The molecule has 0 bridgehead atoms.